The van der Waals surface area contributed by atoms with Crippen LogP contribution in [-0.4, -0.2) is 10.5 Å². The minimum Gasteiger partial charge on any atom is -0.366 e. The molecule has 82 valence electrons. The Bertz CT molecular complexity index is 535. The molecule has 0 bridgehead atoms. The summed E-state index contributed by atoms with van der Waals surface area (Å²) in [4.78, 5) is 11.1. The lowest BCUT2D eigenvalue weighted by Gasteiger charge is -2.08. The maximum atomic E-state index is 11.1. The van der Waals surface area contributed by atoms with Crippen LogP contribution in [0.1, 0.15) is 10.4 Å². The van der Waals surface area contributed by atoms with E-state index in [9.17, 15) is 4.79 Å². The highest BCUT2D eigenvalue weighted by Gasteiger charge is 2.12. The number of halogens is 2. The quantitative estimate of drug-likeness (QED) is 0.881. The summed E-state index contributed by atoms with van der Waals surface area (Å²) < 4.78 is 1.78. The molecule has 1 heterocycles. The van der Waals surface area contributed by atoms with Crippen LogP contribution in [0, 0.1) is 0 Å². The van der Waals surface area contributed by atoms with Gasteiger partial charge in [-0.25, -0.2) is 0 Å². The fraction of sp³-hybridized carbons (Fsp3) is 0. The lowest BCUT2D eigenvalue weighted by Crippen LogP contribution is -2.12. The van der Waals surface area contributed by atoms with E-state index in [4.69, 9.17) is 28.9 Å². The molecule has 2 aromatic rings. The fourth-order valence-electron chi connectivity index (χ4n) is 1.42. The number of nitrogens with zero attached hydrogens (tertiary/aromatic N) is 1. The second-order valence-corrected chi connectivity index (χ2v) is 4.05. The maximum Gasteiger partial charge on any atom is 0.250 e. The molecule has 0 radical (unpaired) electrons. The normalized spacial score (nSPS) is 10.4. The van der Waals surface area contributed by atoms with Crippen LogP contribution < -0.4 is 5.73 Å². The van der Waals surface area contributed by atoms with Crippen LogP contribution in [0.4, 0.5) is 0 Å². The van der Waals surface area contributed by atoms with Crippen LogP contribution in [0.15, 0.2) is 36.7 Å². The van der Waals surface area contributed by atoms with Crippen molar-refractivity contribution in [3.63, 3.8) is 0 Å². The van der Waals surface area contributed by atoms with Crippen molar-refractivity contribution in [1.82, 2.24) is 4.57 Å². The van der Waals surface area contributed by atoms with Crippen molar-refractivity contribution in [2.75, 3.05) is 0 Å². The molecule has 0 spiro atoms. The third-order valence-corrected chi connectivity index (χ3v) is 2.80. The zero-order valence-electron chi connectivity index (χ0n) is 8.15. The molecule has 5 heteroatoms. The van der Waals surface area contributed by atoms with E-state index in [2.05, 4.69) is 0 Å². The lowest BCUT2D eigenvalue weighted by molar-refractivity contribution is 0.100. The van der Waals surface area contributed by atoms with Gasteiger partial charge in [-0.15, -0.1) is 0 Å². The standard InChI is InChI=1S/C11H8Cl2N2O/c12-8-6-9(13)10(5-7(8)11(14)16)15-3-1-2-4-15/h1-6H,(H2,14,16). The highest BCUT2D eigenvalue weighted by Crippen LogP contribution is 2.27. The number of carbonyl (C=O) groups excluding carboxylic acids is 1. The van der Waals surface area contributed by atoms with Crippen molar-refractivity contribution in [2.24, 2.45) is 5.73 Å². The molecule has 0 aliphatic heterocycles. The first-order valence-corrected chi connectivity index (χ1v) is 5.27. The summed E-state index contributed by atoms with van der Waals surface area (Å²) in [5.74, 6) is -0.574. The molecule has 1 aromatic carbocycles. The van der Waals surface area contributed by atoms with Gasteiger partial charge in [0.2, 0.25) is 5.91 Å². The van der Waals surface area contributed by atoms with Gasteiger partial charge in [-0.2, -0.15) is 0 Å². The van der Waals surface area contributed by atoms with Gasteiger partial charge in [0.05, 0.1) is 21.3 Å². The number of aromatic nitrogens is 1. The summed E-state index contributed by atoms with van der Waals surface area (Å²) in [6.45, 7) is 0. The number of amides is 1. The molecular weight excluding hydrogens is 247 g/mol. The van der Waals surface area contributed by atoms with Gasteiger partial charge < -0.3 is 10.3 Å². The lowest BCUT2D eigenvalue weighted by atomic mass is 10.2. The van der Waals surface area contributed by atoms with Gasteiger partial charge in [-0.05, 0) is 24.3 Å². The Morgan fingerprint density at radius 1 is 1.12 bits per heavy atom. The van der Waals surface area contributed by atoms with Gasteiger partial charge in [-0.1, -0.05) is 23.2 Å². The zero-order valence-corrected chi connectivity index (χ0v) is 9.66. The Balaban J connectivity index is 2.63. The van der Waals surface area contributed by atoms with E-state index >= 15 is 0 Å². The molecule has 0 saturated heterocycles. The van der Waals surface area contributed by atoms with Crippen molar-refractivity contribution in [3.05, 3.63) is 52.3 Å². The van der Waals surface area contributed by atoms with Gasteiger partial charge in [0.25, 0.3) is 0 Å². The molecule has 2 rings (SSSR count). The molecule has 0 unspecified atom stereocenters. The molecule has 2 N–H and O–H groups in total. The van der Waals surface area contributed by atoms with Crippen molar-refractivity contribution in [1.29, 1.82) is 0 Å². The fourth-order valence-corrected chi connectivity index (χ4v) is 1.99. The molecule has 0 saturated carbocycles. The second-order valence-electron chi connectivity index (χ2n) is 3.24. The minimum atomic E-state index is -0.574. The van der Waals surface area contributed by atoms with E-state index < -0.39 is 5.91 Å². The Morgan fingerprint density at radius 3 is 2.31 bits per heavy atom. The van der Waals surface area contributed by atoms with E-state index in [0.29, 0.717) is 10.7 Å². The third kappa shape index (κ3) is 1.92. The number of hydrogen-bond donors (Lipinski definition) is 1. The predicted octanol–water partition coefficient (Wildman–Crippen LogP) is 2.88. The topological polar surface area (TPSA) is 48.0 Å². The summed E-state index contributed by atoms with van der Waals surface area (Å²) >= 11 is 11.9. The molecule has 0 aliphatic carbocycles. The monoisotopic (exact) mass is 254 g/mol. The van der Waals surface area contributed by atoms with Crippen LogP contribution in [0.2, 0.25) is 10.0 Å². The SMILES string of the molecule is NC(=O)c1cc(-n2cccc2)c(Cl)cc1Cl. The summed E-state index contributed by atoms with van der Waals surface area (Å²) in [6.07, 6.45) is 3.64. The van der Waals surface area contributed by atoms with Crippen LogP contribution in [-0.2, 0) is 0 Å². The van der Waals surface area contributed by atoms with Gasteiger partial charge in [0.15, 0.2) is 0 Å². The van der Waals surface area contributed by atoms with Crippen molar-refractivity contribution >= 4 is 29.1 Å². The van der Waals surface area contributed by atoms with Crippen molar-refractivity contribution < 1.29 is 4.79 Å². The highest BCUT2D eigenvalue weighted by atomic mass is 35.5. The number of carbonyl (C=O) groups is 1. The van der Waals surface area contributed by atoms with E-state index in [-0.39, 0.29) is 10.6 Å². The molecule has 1 aromatic heterocycles. The molecule has 0 aliphatic rings. The number of nitrogens with two attached hydrogens (primary N) is 1. The minimum absolute atomic E-state index is 0.258. The Labute approximate surface area is 102 Å². The second kappa shape index (κ2) is 4.20. The van der Waals surface area contributed by atoms with Gasteiger partial charge >= 0.3 is 0 Å². The molecule has 16 heavy (non-hydrogen) atoms. The van der Waals surface area contributed by atoms with Gasteiger partial charge in [0, 0.05) is 12.4 Å². The molecule has 3 nitrogen and oxygen atoms in total. The highest BCUT2D eigenvalue weighted by molar-refractivity contribution is 6.37. The molecule has 0 atom stereocenters. The first-order valence-electron chi connectivity index (χ1n) is 4.52. The Kier molecular flexibility index (Phi) is 2.90. The number of primary amides is 1. The Morgan fingerprint density at radius 2 is 1.75 bits per heavy atom. The summed E-state index contributed by atoms with van der Waals surface area (Å²) in [5.41, 5.74) is 6.14. The molecule has 0 fully saturated rings. The molecular formula is C11H8Cl2N2O. The number of hydrogen-bond acceptors (Lipinski definition) is 1. The van der Waals surface area contributed by atoms with Crippen molar-refractivity contribution in [3.8, 4) is 5.69 Å². The first-order chi connectivity index (χ1) is 7.59. The average Bonchev–Trinajstić information content (AvgIpc) is 2.70. The van der Waals surface area contributed by atoms with E-state index in [0.717, 1.165) is 0 Å². The van der Waals surface area contributed by atoms with E-state index in [1.54, 1.807) is 10.6 Å². The third-order valence-electron chi connectivity index (χ3n) is 2.18. The maximum absolute atomic E-state index is 11.1. The number of rotatable bonds is 2. The van der Waals surface area contributed by atoms with Crippen molar-refractivity contribution in [2.45, 2.75) is 0 Å². The Hall–Kier alpha value is -1.45. The van der Waals surface area contributed by atoms with Gasteiger partial charge in [0.1, 0.15) is 0 Å². The van der Waals surface area contributed by atoms with Gasteiger partial charge in [-0.3, -0.25) is 4.79 Å². The average molecular weight is 255 g/mol. The zero-order chi connectivity index (χ0) is 11.7. The predicted molar refractivity (Wildman–Crippen MR) is 64.3 cm³/mol. The van der Waals surface area contributed by atoms with E-state index in [1.807, 2.05) is 24.5 Å². The molecule has 1 amide bonds. The van der Waals surface area contributed by atoms with Crippen LogP contribution in [0.25, 0.3) is 5.69 Å². The first kappa shape index (κ1) is 11.0. The van der Waals surface area contributed by atoms with Crippen LogP contribution >= 0.6 is 23.2 Å². The van der Waals surface area contributed by atoms with Crippen LogP contribution in [0.3, 0.4) is 0 Å². The van der Waals surface area contributed by atoms with E-state index in [1.165, 1.54) is 6.07 Å². The summed E-state index contributed by atoms with van der Waals surface area (Å²) in [6, 6.07) is 6.80. The smallest absolute Gasteiger partial charge is 0.250 e. The largest absolute Gasteiger partial charge is 0.366 e. The summed E-state index contributed by atoms with van der Waals surface area (Å²) in [7, 11) is 0. The number of benzene rings is 1. The van der Waals surface area contributed by atoms with Crippen LogP contribution in [0.5, 0.6) is 0 Å². The summed E-state index contributed by atoms with van der Waals surface area (Å²) in [5, 5.41) is 0.722.